The zero-order chi connectivity index (χ0) is 19.8. The molecule has 1 aromatic carbocycles. The van der Waals surface area contributed by atoms with Gasteiger partial charge in [-0.2, -0.15) is 5.10 Å². The van der Waals surface area contributed by atoms with Crippen molar-refractivity contribution in [2.24, 2.45) is 10.9 Å². The van der Waals surface area contributed by atoms with Gasteiger partial charge in [-0.25, -0.2) is 9.07 Å². The Bertz CT molecular complexity index is 754. The van der Waals surface area contributed by atoms with Crippen LogP contribution in [-0.2, 0) is 11.2 Å². The van der Waals surface area contributed by atoms with Crippen molar-refractivity contribution in [2.75, 3.05) is 39.9 Å². The van der Waals surface area contributed by atoms with Crippen molar-refractivity contribution < 1.29 is 9.13 Å². The highest BCUT2D eigenvalue weighted by atomic mass is 19.1. The van der Waals surface area contributed by atoms with Gasteiger partial charge in [-0.15, -0.1) is 0 Å². The first-order chi connectivity index (χ1) is 13.7. The number of ether oxygens (including phenoxy) is 1. The Morgan fingerprint density at radius 2 is 2.11 bits per heavy atom. The lowest BCUT2D eigenvalue weighted by atomic mass is 10.3. The normalized spacial score (nSPS) is 14.3. The summed E-state index contributed by atoms with van der Waals surface area (Å²) in [6.45, 7) is 5.97. The maximum absolute atomic E-state index is 13.1. The first-order valence-corrected chi connectivity index (χ1v) is 10.0. The van der Waals surface area contributed by atoms with E-state index < -0.39 is 0 Å². The molecule has 0 aliphatic heterocycles. The van der Waals surface area contributed by atoms with Crippen LogP contribution in [-0.4, -0.2) is 60.5 Å². The lowest BCUT2D eigenvalue weighted by Crippen LogP contribution is -2.40. The van der Waals surface area contributed by atoms with Gasteiger partial charge in [-0.1, -0.05) is 0 Å². The van der Waals surface area contributed by atoms with Crippen LogP contribution in [0.2, 0.25) is 0 Å². The average molecular weight is 388 g/mol. The Morgan fingerprint density at radius 3 is 2.82 bits per heavy atom. The number of aromatic nitrogens is 2. The SMILES string of the molecule is CCNC(=NCCc1ccn(-c2ccc(F)cc2)n1)N(C)CCOCC1CC1. The third-order valence-corrected chi connectivity index (χ3v) is 4.68. The van der Waals surface area contributed by atoms with E-state index in [0.717, 1.165) is 56.0 Å². The Kier molecular flexibility index (Phi) is 7.42. The molecule has 1 aromatic heterocycles. The number of guanidine groups is 1. The number of hydrogen-bond donors (Lipinski definition) is 1. The van der Waals surface area contributed by atoms with Crippen LogP contribution in [0.4, 0.5) is 4.39 Å². The molecule has 1 aliphatic carbocycles. The summed E-state index contributed by atoms with van der Waals surface area (Å²) in [5, 5.41) is 7.88. The molecule has 6 nitrogen and oxygen atoms in total. The zero-order valence-corrected chi connectivity index (χ0v) is 16.8. The Morgan fingerprint density at radius 1 is 1.32 bits per heavy atom. The maximum atomic E-state index is 13.1. The summed E-state index contributed by atoms with van der Waals surface area (Å²) in [6.07, 6.45) is 5.27. The predicted octanol–water partition coefficient (Wildman–Crippen LogP) is 2.88. The van der Waals surface area contributed by atoms with E-state index in [2.05, 4.69) is 22.2 Å². The molecule has 1 N–H and O–H groups in total. The number of likely N-dealkylation sites (N-methyl/N-ethyl adjacent to an activating group) is 1. The van der Waals surface area contributed by atoms with Gasteiger partial charge in [0.25, 0.3) is 0 Å². The molecule has 0 radical (unpaired) electrons. The molecule has 2 aromatic rings. The number of aliphatic imine (C=N–C) groups is 1. The fourth-order valence-corrected chi connectivity index (χ4v) is 2.82. The summed E-state index contributed by atoms with van der Waals surface area (Å²) in [4.78, 5) is 6.81. The van der Waals surface area contributed by atoms with Crippen LogP contribution in [0, 0.1) is 11.7 Å². The average Bonchev–Trinajstić information content (AvgIpc) is 3.41. The second-order valence-electron chi connectivity index (χ2n) is 7.15. The van der Waals surface area contributed by atoms with Crippen LogP contribution in [0.25, 0.3) is 5.69 Å². The van der Waals surface area contributed by atoms with E-state index in [0.29, 0.717) is 6.54 Å². The number of halogens is 1. The number of nitrogens with one attached hydrogen (secondary N) is 1. The van der Waals surface area contributed by atoms with Crippen molar-refractivity contribution in [1.82, 2.24) is 20.0 Å². The van der Waals surface area contributed by atoms with Crippen LogP contribution in [0.3, 0.4) is 0 Å². The molecule has 3 rings (SSSR count). The first kappa shape index (κ1) is 20.3. The summed E-state index contributed by atoms with van der Waals surface area (Å²) >= 11 is 0. The Labute approximate surface area is 166 Å². The molecule has 152 valence electrons. The third kappa shape index (κ3) is 6.34. The van der Waals surface area contributed by atoms with Crippen LogP contribution in [0.1, 0.15) is 25.5 Å². The lowest BCUT2D eigenvalue weighted by molar-refractivity contribution is 0.115. The van der Waals surface area contributed by atoms with Crippen molar-refractivity contribution in [3.05, 3.63) is 48.0 Å². The maximum Gasteiger partial charge on any atom is 0.193 e. The van der Waals surface area contributed by atoms with Gasteiger partial charge < -0.3 is 15.0 Å². The third-order valence-electron chi connectivity index (χ3n) is 4.68. The van der Waals surface area contributed by atoms with E-state index >= 15 is 0 Å². The molecular formula is C21H30FN5O. The van der Waals surface area contributed by atoms with Gasteiger partial charge in [0, 0.05) is 45.9 Å². The first-order valence-electron chi connectivity index (χ1n) is 10.0. The minimum atomic E-state index is -0.247. The molecule has 0 saturated heterocycles. The zero-order valence-electron chi connectivity index (χ0n) is 16.8. The van der Waals surface area contributed by atoms with E-state index in [-0.39, 0.29) is 5.82 Å². The fraction of sp³-hybridized carbons (Fsp3) is 0.524. The van der Waals surface area contributed by atoms with E-state index in [1.165, 1.54) is 25.0 Å². The second kappa shape index (κ2) is 10.2. The minimum absolute atomic E-state index is 0.247. The quantitative estimate of drug-likeness (QED) is 0.387. The van der Waals surface area contributed by atoms with Crippen molar-refractivity contribution in [3.63, 3.8) is 0 Å². The van der Waals surface area contributed by atoms with Crippen LogP contribution in [0.5, 0.6) is 0 Å². The molecule has 0 atom stereocenters. The fourth-order valence-electron chi connectivity index (χ4n) is 2.82. The Balaban J connectivity index is 1.48. The Hall–Kier alpha value is -2.41. The minimum Gasteiger partial charge on any atom is -0.379 e. The smallest absolute Gasteiger partial charge is 0.193 e. The molecule has 1 saturated carbocycles. The van der Waals surface area contributed by atoms with Crippen molar-refractivity contribution >= 4 is 5.96 Å². The van der Waals surface area contributed by atoms with Crippen LogP contribution < -0.4 is 5.32 Å². The molecule has 0 bridgehead atoms. The summed E-state index contributed by atoms with van der Waals surface area (Å²) in [5.74, 6) is 1.43. The van der Waals surface area contributed by atoms with E-state index in [4.69, 9.17) is 9.73 Å². The van der Waals surface area contributed by atoms with Crippen molar-refractivity contribution in [2.45, 2.75) is 26.2 Å². The van der Waals surface area contributed by atoms with Crippen LogP contribution in [0.15, 0.2) is 41.5 Å². The molecule has 0 unspecified atom stereocenters. The molecule has 1 heterocycles. The number of rotatable bonds is 10. The highest BCUT2D eigenvalue weighted by molar-refractivity contribution is 5.79. The molecular weight excluding hydrogens is 357 g/mol. The molecule has 1 fully saturated rings. The molecule has 0 amide bonds. The topological polar surface area (TPSA) is 54.7 Å². The van der Waals surface area contributed by atoms with Gasteiger partial charge in [0.15, 0.2) is 5.96 Å². The van der Waals surface area contributed by atoms with E-state index in [1.54, 1.807) is 16.8 Å². The summed E-state index contributed by atoms with van der Waals surface area (Å²) in [6, 6.07) is 8.28. The summed E-state index contributed by atoms with van der Waals surface area (Å²) in [5.41, 5.74) is 1.80. The molecule has 28 heavy (non-hydrogen) atoms. The van der Waals surface area contributed by atoms with Crippen molar-refractivity contribution in [1.29, 1.82) is 0 Å². The highest BCUT2D eigenvalue weighted by Gasteiger charge is 2.21. The van der Waals surface area contributed by atoms with Crippen molar-refractivity contribution in [3.8, 4) is 5.69 Å². The summed E-state index contributed by atoms with van der Waals surface area (Å²) in [7, 11) is 2.03. The van der Waals surface area contributed by atoms with Gasteiger partial charge in [0.2, 0.25) is 0 Å². The molecule has 7 heteroatoms. The summed E-state index contributed by atoms with van der Waals surface area (Å²) < 4.78 is 20.5. The predicted molar refractivity (Wildman–Crippen MR) is 109 cm³/mol. The van der Waals surface area contributed by atoms with Gasteiger partial charge in [0.1, 0.15) is 5.82 Å². The molecule has 0 spiro atoms. The molecule has 1 aliphatic rings. The van der Waals surface area contributed by atoms with Gasteiger partial charge in [-0.05, 0) is 56.0 Å². The highest BCUT2D eigenvalue weighted by Crippen LogP contribution is 2.28. The van der Waals surface area contributed by atoms with Crippen LogP contribution >= 0.6 is 0 Å². The standard InChI is InChI=1S/C21H30FN5O/c1-3-23-21(26(2)14-15-28-16-17-4-5-17)24-12-10-19-11-13-27(25-19)20-8-6-18(22)7-9-20/h6-9,11,13,17H,3-5,10,12,14-16H2,1-2H3,(H,23,24). The number of benzene rings is 1. The largest absolute Gasteiger partial charge is 0.379 e. The lowest BCUT2D eigenvalue weighted by Gasteiger charge is -2.22. The van der Waals surface area contributed by atoms with E-state index in [1.807, 2.05) is 19.3 Å². The van der Waals surface area contributed by atoms with Gasteiger partial charge >= 0.3 is 0 Å². The van der Waals surface area contributed by atoms with Gasteiger partial charge in [0.05, 0.1) is 18.0 Å². The number of nitrogens with zero attached hydrogens (tertiary/aromatic N) is 4. The second-order valence-corrected chi connectivity index (χ2v) is 7.15. The van der Waals surface area contributed by atoms with E-state index in [9.17, 15) is 4.39 Å². The number of hydrogen-bond acceptors (Lipinski definition) is 3. The van der Waals surface area contributed by atoms with Gasteiger partial charge in [-0.3, -0.25) is 4.99 Å². The monoisotopic (exact) mass is 387 g/mol.